The number of imidazole rings is 1. The van der Waals surface area contributed by atoms with Crippen LogP contribution in [-0.2, 0) is 6.42 Å². The van der Waals surface area contributed by atoms with E-state index < -0.39 is 0 Å². The van der Waals surface area contributed by atoms with Gasteiger partial charge in [0.2, 0.25) is 0 Å². The third-order valence-electron chi connectivity index (χ3n) is 5.30. The number of nitrogens with zero attached hydrogens (tertiary/aromatic N) is 2. The van der Waals surface area contributed by atoms with E-state index in [2.05, 4.69) is 66.9 Å². The van der Waals surface area contributed by atoms with Crippen molar-refractivity contribution >= 4 is 0 Å². The molecule has 3 rings (SSSR count). The van der Waals surface area contributed by atoms with Crippen molar-refractivity contribution in [3.05, 3.63) is 54.1 Å². The van der Waals surface area contributed by atoms with Crippen LogP contribution >= 0.6 is 0 Å². The van der Waals surface area contributed by atoms with Gasteiger partial charge in [-0.05, 0) is 36.2 Å². The van der Waals surface area contributed by atoms with E-state index in [9.17, 15) is 0 Å². The normalized spacial score (nSPS) is 25.5. The molecule has 1 aromatic carbocycles. The molecular weight excluding hydrogens is 268 g/mol. The maximum absolute atomic E-state index is 4.67. The van der Waals surface area contributed by atoms with Crippen LogP contribution in [0.15, 0.2) is 42.7 Å². The lowest BCUT2D eigenvalue weighted by atomic mass is 9.74. The lowest BCUT2D eigenvalue weighted by Crippen LogP contribution is -2.30. The monoisotopic (exact) mass is 296 g/mol. The predicted octanol–water partition coefficient (Wildman–Crippen LogP) is 5.11. The highest BCUT2D eigenvalue weighted by atomic mass is 15.1. The van der Waals surface area contributed by atoms with Crippen molar-refractivity contribution in [3.63, 3.8) is 0 Å². The van der Waals surface area contributed by atoms with Gasteiger partial charge in [0.15, 0.2) is 0 Å². The molecule has 1 aromatic heterocycles. The van der Waals surface area contributed by atoms with Crippen molar-refractivity contribution in [2.45, 2.75) is 52.5 Å². The molecule has 0 aliphatic heterocycles. The summed E-state index contributed by atoms with van der Waals surface area (Å²) in [6.45, 7) is 7.15. The molecule has 22 heavy (non-hydrogen) atoms. The highest BCUT2D eigenvalue weighted by Crippen LogP contribution is 2.41. The van der Waals surface area contributed by atoms with Crippen LogP contribution in [0.25, 0.3) is 0 Å². The van der Waals surface area contributed by atoms with E-state index in [0.717, 1.165) is 24.2 Å². The molecule has 0 amide bonds. The Labute approximate surface area is 134 Å². The zero-order valence-corrected chi connectivity index (χ0v) is 14.1. The maximum atomic E-state index is 4.67. The summed E-state index contributed by atoms with van der Waals surface area (Å²) in [5, 5.41) is 0. The summed E-state index contributed by atoms with van der Waals surface area (Å²) in [6.07, 6.45) is 9.14. The third-order valence-corrected chi connectivity index (χ3v) is 5.30. The van der Waals surface area contributed by atoms with Crippen LogP contribution in [0.2, 0.25) is 0 Å². The molecule has 3 atom stereocenters. The van der Waals surface area contributed by atoms with Crippen LogP contribution in [0.5, 0.6) is 0 Å². The SMILES string of the molecule is CC1CCC(C(C)C)C(n2ccnc2Cc2ccccc2)C1. The van der Waals surface area contributed by atoms with Crippen molar-refractivity contribution in [3.8, 4) is 0 Å². The topological polar surface area (TPSA) is 17.8 Å². The van der Waals surface area contributed by atoms with Gasteiger partial charge in [-0.25, -0.2) is 4.98 Å². The van der Waals surface area contributed by atoms with Gasteiger partial charge in [-0.2, -0.15) is 0 Å². The van der Waals surface area contributed by atoms with Crippen molar-refractivity contribution in [2.75, 3.05) is 0 Å². The Morgan fingerprint density at radius 1 is 1.18 bits per heavy atom. The molecule has 0 radical (unpaired) electrons. The van der Waals surface area contributed by atoms with Gasteiger partial charge in [-0.1, -0.05) is 57.5 Å². The van der Waals surface area contributed by atoms with Gasteiger partial charge in [0, 0.05) is 24.9 Å². The van der Waals surface area contributed by atoms with Gasteiger partial charge in [-0.3, -0.25) is 0 Å². The van der Waals surface area contributed by atoms with Crippen LogP contribution in [-0.4, -0.2) is 9.55 Å². The van der Waals surface area contributed by atoms with E-state index in [0.29, 0.717) is 6.04 Å². The third kappa shape index (κ3) is 3.26. The average molecular weight is 296 g/mol. The summed E-state index contributed by atoms with van der Waals surface area (Å²) in [4.78, 5) is 4.67. The van der Waals surface area contributed by atoms with Crippen LogP contribution in [0.4, 0.5) is 0 Å². The lowest BCUT2D eigenvalue weighted by molar-refractivity contribution is 0.147. The first-order chi connectivity index (χ1) is 10.6. The molecule has 2 nitrogen and oxygen atoms in total. The molecule has 1 aliphatic carbocycles. The first-order valence-corrected chi connectivity index (χ1v) is 8.70. The van der Waals surface area contributed by atoms with Crippen molar-refractivity contribution in [1.82, 2.24) is 9.55 Å². The minimum absolute atomic E-state index is 0.616. The van der Waals surface area contributed by atoms with Crippen LogP contribution in [0.1, 0.15) is 57.5 Å². The predicted molar refractivity (Wildman–Crippen MR) is 91.9 cm³/mol. The number of hydrogen-bond donors (Lipinski definition) is 0. The van der Waals surface area contributed by atoms with E-state index in [1.165, 1.54) is 30.7 Å². The standard InChI is InChI=1S/C20H28N2/c1-15(2)18-10-9-16(3)13-19(18)22-12-11-21-20(22)14-17-7-5-4-6-8-17/h4-8,11-12,15-16,18-19H,9-10,13-14H2,1-3H3. The Balaban J connectivity index is 1.86. The van der Waals surface area contributed by atoms with Crippen molar-refractivity contribution in [1.29, 1.82) is 0 Å². The van der Waals surface area contributed by atoms with Crippen LogP contribution in [0.3, 0.4) is 0 Å². The van der Waals surface area contributed by atoms with E-state index in [4.69, 9.17) is 0 Å². The zero-order chi connectivity index (χ0) is 15.5. The van der Waals surface area contributed by atoms with Crippen LogP contribution in [0, 0.1) is 17.8 Å². The van der Waals surface area contributed by atoms with E-state index >= 15 is 0 Å². The molecule has 2 heteroatoms. The molecule has 0 spiro atoms. The molecule has 0 saturated heterocycles. The summed E-state index contributed by atoms with van der Waals surface area (Å²) < 4.78 is 2.48. The highest BCUT2D eigenvalue weighted by Gasteiger charge is 2.32. The number of aromatic nitrogens is 2. The quantitative estimate of drug-likeness (QED) is 0.767. The van der Waals surface area contributed by atoms with Gasteiger partial charge < -0.3 is 4.57 Å². The Morgan fingerprint density at radius 3 is 2.68 bits per heavy atom. The van der Waals surface area contributed by atoms with E-state index in [1.54, 1.807) is 0 Å². The molecule has 1 heterocycles. The maximum Gasteiger partial charge on any atom is 0.113 e. The smallest absolute Gasteiger partial charge is 0.113 e. The molecule has 1 saturated carbocycles. The molecule has 0 bridgehead atoms. The summed E-state index contributed by atoms with van der Waals surface area (Å²) in [5.74, 6) is 3.56. The minimum atomic E-state index is 0.616. The Morgan fingerprint density at radius 2 is 1.95 bits per heavy atom. The molecule has 1 fully saturated rings. The van der Waals surface area contributed by atoms with E-state index in [1.807, 2.05) is 6.20 Å². The number of rotatable bonds is 4. The molecule has 118 valence electrons. The van der Waals surface area contributed by atoms with Crippen molar-refractivity contribution in [2.24, 2.45) is 17.8 Å². The van der Waals surface area contributed by atoms with Gasteiger partial charge >= 0.3 is 0 Å². The van der Waals surface area contributed by atoms with Crippen LogP contribution < -0.4 is 0 Å². The van der Waals surface area contributed by atoms with E-state index in [-0.39, 0.29) is 0 Å². The zero-order valence-electron chi connectivity index (χ0n) is 14.1. The van der Waals surface area contributed by atoms with Gasteiger partial charge in [0.25, 0.3) is 0 Å². The number of benzene rings is 1. The largest absolute Gasteiger partial charge is 0.331 e. The average Bonchev–Trinajstić information content (AvgIpc) is 2.96. The van der Waals surface area contributed by atoms with Gasteiger partial charge in [0.1, 0.15) is 5.82 Å². The minimum Gasteiger partial charge on any atom is -0.331 e. The Bertz CT molecular complexity index is 585. The molecule has 3 unspecified atom stereocenters. The summed E-state index contributed by atoms with van der Waals surface area (Å²) >= 11 is 0. The fourth-order valence-electron chi connectivity index (χ4n) is 4.03. The number of hydrogen-bond acceptors (Lipinski definition) is 1. The second kappa shape index (κ2) is 6.68. The second-order valence-corrected chi connectivity index (χ2v) is 7.31. The molecule has 0 N–H and O–H groups in total. The fraction of sp³-hybridized carbons (Fsp3) is 0.550. The highest BCUT2D eigenvalue weighted by molar-refractivity contribution is 5.19. The molecule has 2 aromatic rings. The Hall–Kier alpha value is -1.57. The second-order valence-electron chi connectivity index (χ2n) is 7.31. The Kier molecular flexibility index (Phi) is 4.66. The molecular formula is C20H28N2. The lowest BCUT2D eigenvalue weighted by Gasteiger charge is -2.38. The summed E-state index contributed by atoms with van der Waals surface area (Å²) in [7, 11) is 0. The first-order valence-electron chi connectivity index (χ1n) is 8.70. The molecule has 1 aliphatic rings. The van der Waals surface area contributed by atoms with Crippen molar-refractivity contribution < 1.29 is 0 Å². The van der Waals surface area contributed by atoms with Gasteiger partial charge in [-0.15, -0.1) is 0 Å². The van der Waals surface area contributed by atoms with Gasteiger partial charge in [0.05, 0.1) is 0 Å². The summed E-state index contributed by atoms with van der Waals surface area (Å²) in [5.41, 5.74) is 1.35. The fourth-order valence-corrected chi connectivity index (χ4v) is 4.03. The first kappa shape index (κ1) is 15.3. The summed E-state index contributed by atoms with van der Waals surface area (Å²) in [6, 6.07) is 11.3.